The number of phenolic OH excluding ortho intramolecular Hbond substituents is 1. The summed E-state index contributed by atoms with van der Waals surface area (Å²) in [6.45, 7) is 0.625. The molecule has 2 aromatic rings. The Morgan fingerprint density at radius 2 is 1.92 bits per heavy atom. The molecular weight excluding hydrogens is 320 g/mol. The molecule has 1 aliphatic heterocycles. The van der Waals surface area contributed by atoms with Gasteiger partial charge in [-0.15, -0.1) is 0 Å². The molecule has 0 amide bonds. The van der Waals surface area contributed by atoms with Gasteiger partial charge < -0.3 is 19.4 Å². The zero-order valence-corrected chi connectivity index (χ0v) is 14.2. The number of hydrazone groups is 1. The molecule has 1 heterocycles. The van der Waals surface area contributed by atoms with Gasteiger partial charge >= 0.3 is 0 Å². The molecule has 6 nitrogen and oxygen atoms in total. The average Bonchev–Trinajstić information content (AvgIpc) is 3.12. The van der Waals surface area contributed by atoms with Crippen molar-refractivity contribution in [2.24, 2.45) is 5.10 Å². The van der Waals surface area contributed by atoms with Crippen LogP contribution in [0.1, 0.15) is 23.6 Å². The topological polar surface area (TPSA) is 71.4 Å². The van der Waals surface area contributed by atoms with Crippen LogP contribution in [0.15, 0.2) is 47.6 Å². The van der Waals surface area contributed by atoms with Gasteiger partial charge in [-0.1, -0.05) is 0 Å². The number of nitrogens with zero attached hydrogens (tertiary/aromatic N) is 2. The molecule has 6 heteroatoms. The van der Waals surface area contributed by atoms with Gasteiger partial charge in [-0.3, -0.25) is 5.01 Å². The third kappa shape index (κ3) is 3.42. The normalized spacial score (nSPS) is 14.8. The number of ether oxygens (including phenoxy) is 2. The molecule has 1 N–H and O–H groups in total. The number of aromatic hydroxyl groups is 1. The van der Waals surface area contributed by atoms with Gasteiger partial charge in [0.2, 0.25) is 0 Å². The molecule has 2 aromatic carbocycles. The molecule has 1 unspecified atom stereocenters. The van der Waals surface area contributed by atoms with E-state index in [-0.39, 0.29) is 5.75 Å². The predicted molar refractivity (Wildman–Crippen MR) is 94.3 cm³/mol. The SMILES string of the molecule is COc1ccc(OC)c(C(C=O)N2CCC(c3ccc(O)cc3)=N2)c1. The Morgan fingerprint density at radius 3 is 2.56 bits per heavy atom. The minimum Gasteiger partial charge on any atom is -0.508 e. The van der Waals surface area contributed by atoms with Gasteiger partial charge in [0.05, 0.1) is 19.9 Å². The molecule has 25 heavy (non-hydrogen) atoms. The third-order valence-electron chi connectivity index (χ3n) is 4.23. The summed E-state index contributed by atoms with van der Waals surface area (Å²) in [5.74, 6) is 1.49. The number of carbonyl (C=O) groups is 1. The average molecular weight is 340 g/mol. The van der Waals surface area contributed by atoms with Crippen molar-refractivity contribution in [2.45, 2.75) is 12.5 Å². The number of rotatable bonds is 6. The number of hydrogen-bond donors (Lipinski definition) is 1. The van der Waals surface area contributed by atoms with E-state index >= 15 is 0 Å². The van der Waals surface area contributed by atoms with Gasteiger partial charge in [-0.05, 0) is 48.0 Å². The van der Waals surface area contributed by atoms with E-state index in [9.17, 15) is 9.90 Å². The van der Waals surface area contributed by atoms with Gasteiger partial charge in [0, 0.05) is 18.5 Å². The van der Waals surface area contributed by atoms with Crippen molar-refractivity contribution < 1.29 is 19.4 Å². The number of phenols is 1. The molecule has 0 spiro atoms. The molecule has 3 rings (SSSR count). The van der Waals surface area contributed by atoms with E-state index in [1.54, 1.807) is 49.6 Å². The van der Waals surface area contributed by atoms with Crippen LogP contribution in [0.25, 0.3) is 0 Å². The molecule has 1 aliphatic rings. The Morgan fingerprint density at radius 1 is 1.16 bits per heavy atom. The lowest BCUT2D eigenvalue weighted by Gasteiger charge is -2.23. The Balaban J connectivity index is 1.92. The summed E-state index contributed by atoms with van der Waals surface area (Å²) in [6, 6.07) is 11.7. The van der Waals surface area contributed by atoms with Crippen molar-refractivity contribution in [2.75, 3.05) is 20.8 Å². The number of hydrogen-bond acceptors (Lipinski definition) is 6. The van der Waals surface area contributed by atoms with Crippen molar-refractivity contribution in [3.63, 3.8) is 0 Å². The molecular formula is C19H20N2O4. The van der Waals surface area contributed by atoms with E-state index in [0.717, 1.165) is 24.0 Å². The molecule has 0 aliphatic carbocycles. The fourth-order valence-electron chi connectivity index (χ4n) is 2.91. The van der Waals surface area contributed by atoms with E-state index in [4.69, 9.17) is 9.47 Å². The zero-order valence-electron chi connectivity index (χ0n) is 14.2. The maximum Gasteiger partial charge on any atom is 0.148 e. The van der Waals surface area contributed by atoms with Gasteiger partial charge in [0.25, 0.3) is 0 Å². The fourth-order valence-corrected chi connectivity index (χ4v) is 2.91. The number of aldehydes is 1. The molecule has 0 fully saturated rings. The number of methoxy groups -OCH3 is 2. The smallest absolute Gasteiger partial charge is 0.148 e. The van der Waals surface area contributed by atoms with Crippen molar-refractivity contribution in [3.8, 4) is 17.2 Å². The molecule has 0 radical (unpaired) electrons. The minimum absolute atomic E-state index is 0.214. The van der Waals surface area contributed by atoms with Crippen LogP contribution in [0.3, 0.4) is 0 Å². The first-order valence-corrected chi connectivity index (χ1v) is 7.97. The van der Waals surface area contributed by atoms with Crippen molar-refractivity contribution in [3.05, 3.63) is 53.6 Å². The summed E-state index contributed by atoms with van der Waals surface area (Å²) in [5, 5.41) is 15.8. The predicted octanol–water partition coefficient (Wildman–Crippen LogP) is 2.76. The lowest BCUT2D eigenvalue weighted by molar-refractivity contribution is -0.112. The van der Waals surface area contributed by atoms with E-state index in [0.29, 0.717) is 23.6 Å². The second-order valence-corrected chi connectivity index (χ2v) is 5.70. The van der Waals surface area contributed by atoms with E-state index < -0.39 is 6.04 Å². The molecule has 130 valence electrons. The van der Waals surface area contributed by atoms with E-state index in [1.165, 1.54) is 0 Å². The summed E-state index contributed by atoms with van der Waals surface area (Å²) >= 11 is 0. The second kappa shape index (κ2) is 7.25. The van der Waals surface area contributed by atoms with Crippen molar-refractivity contribution >= 4 is 12.0 Å². The summed E-state index contributed by atoms with van der Waals surface area (Å²) in [6.07, 6.45) is 1.59. The first kappa shape index (κ1) is 16.8. The van der Waals surface area contributed by atoms with Crippen LogP contribution in [-0.4, -0.2) is 42.9 Å². The van der Waals surface area contributed by atoms with Crippen LogP contribution in [-0.2, 0) is 4.79 Å². The first-order valence-electron chi connectivity index (χ1n) is 7.97. The maximum atomic E-state index is 11.8. The van der Waals surface area contributed by atoms with Gasteiger partial charge in [0.1, 0.15) is 29.6 Å². The quantitative estimate of drug-likeness (QED) is 0.819. The Labute approximate surface area is 146 Å². The number of benzene rings is 2. The summed E-state index contributed by atoms with van der Waals surface area (Å²) < 4.78 is 10.7. The Kier molecular flexibility index (Phi) is 4.88. The summed E-state index contributed by atoms with van der Waals surface area (Å²) in [7, 11) is 3.15. The van der Waals surface area contributed by atoms with Crippen LogP contribution < -0.4 is 9.47 Å². The first-order chi connectivity index (χ1) is 12.2. The highest BCUT2D eigenvalue weighted by atomic mass is 16.5. The van der Waals surface area contributed by atoms with Crippen LogP contribution in [0.4, 0.5) is 0 Å². The van der Waals surface area contributed by atoms with Crippen LogP contribution in [0.2, 0.25) is 0 Å². The molecule has 0 aromatic heterocycles. The second-order valence-electron chi connectivity index (χ2n) is 5.70. The third-order valence-corrected chi connectivity index (χ3v) is 4.23. The molecule has 0 bridgehead atoms. The van der Waals surface area contributed by atoms with Crippen LogP contribution in [0, 0.1) is 0 Å². The summed E-state index contributed by atoms with van der Waals surface area (Å²) in [5.41, 5.74) is 2.53. The monoisotopic (exact) mass is 340 g/mol. The zero-order chi connectivity index (χ0) is 17.8. The molecule has 1 atom stereocenters. The standard InChI is InChI=1S/C19H20N2O4/c1-24-15-7-8-19(25-2)16(11-15)18(12-22)21-10-9-17(20-21)13-3-5-14(23)6-4-13/h3-8,11-12,18,23H,9-10H2,1-2H3. The van der Waals surface area contributed by atoms with E-state index in [1.807, 2.05) is 12.1 Å². The van der Waals surface area contributed by atoms with Gasteiger partial charge in [-0.25, -0.2) is 0 Å². The minimum atomic E-state index is -0.556. The molecule has 0 saturated heterocycles. The highest BCUT2D eigenvalue weighted by Gasteiger charge is 2.27. The molecule has 0 saturated carbocycles. The lowest BCUT2D eigenvalue weighted by atomic mass is 10.1. The summed E-state index contributed by atoms with van der Waals surface area (Å²) in [4.78, 5) is 11.8. The largest absolute Gasteiger partial charge is 0.508 e. The maximum absolute atomic E-state index is 11.8. The van der Waals surface area contributed by atoms with Crippen molar-refractivity contribution in [1.82, 2.24) is 5.01 Å². The van der Waals surface area contributed by atoms with Crippen molar-refractivity contribution in [1.29, 1.82) is 0 Å². The van der Waals surface area contributed by atoms with Gasteiger partial charge in [0.15, 0.2) is 0 Å². The van der Waals surface area contributed by atoms with Crippen LogP contribution >= 0.6 is 0 Å². The fraction of sp³-hybridized carbons (Fsp3) is 0.263. The highest BCUT2D eigenvalue weighted by Crippen LogP contribution is 2.33. The van der Waals surface area contributed by atoms with Gasteiger partial charge in [-0.2, -0.15) is 5.10 Å². The van der Waals surface area contributed by atoms with E-state index in [2.05, 4.69) is 5.10 Å². The Bertz CT molecular complexity index is 787. The Hall–Kier alpha value is -3.02. The van der Waals surface area contributed by atoms with Crippen LogP contribution in [0.5, 0.6) is 17.2 Å². The number of carbonyl (C=O) groups excluding carboxylic acids is 1. The highest BCUT2D eigenvalue weighted by molar-refractivity contribution is 6.01. The lowest BCUT2D eigenvalue weighted by Crippen LogP contribution is -2.23.